The van der Waals surface area contributed by atoms with Crippen LogP contribution in [0.15, 0.2) is 29.6 Å². The van der Waals surface area contributed by atoms with E-state index >= 15 is 0 Å². The summed E-state index contributed by atoms with van der Waals surface area (Å²) in [5.74, 6) is 1.65. The highest BCUT2D eigenvalue weighted by atomic mass is 32.1. The number of hydrogen-bond acceptors (Lipinski definition) is 5. The summed E-state index contributed by atoms with van der Waals surface area (Å²) in [6, 6.07) is 7.82. The number of rotatable bonds is 9. The molecule has 3 rings (SSSR count). The highest BCUT2D eigenvalue weighted by Gasteiger charge is 2.23. The molecule has 0 N–H and O–H groups in total. The largest absolute Gasteiger partial charge is 0.454 e. The zero-order chi connectivity index (χ0) is 21.7. The molecule has 0 unspecified atom stereocenters. The summed E-state index contributed by atoms with van der Waals surface area (Å²) < 4.78 is 10.9. The van der Waals surface area contributed by atoms with Crippen molar-refractivity contribution in [2.24, 2.45) is 5.92 Å². The molecular weight excluding hydrogens is 400 g/mol. The van der Waals surface area contributed by atoms with Crippen LogP contribution in [-0.2, 0) is 22.7 Å². The molecule has 6 nitrogen and oxygen atoms in total. The van der Waals surface area contributed by atoms with E-state index in [1.807, 2.05) is 28.5 Å². The minimum atomic E-state index is -0.0704. The third-order valence-electron chi connectivity index (χ3n) is 5.47. The van der Waals surface area contributed by atoms with Gasteiger partial charge in [-0.25, -0.2) is 0 Å². The lowest BCUT2D eigenvalue weighted by Crippen LogP contribution is -2.43. The molecule has 30 heavy (non-hydrogen) atoms. The van der Waals surface area contributed by atoms with E-state index < -0.39 is 0 Å². The first-order valence-electron chi connectivity index (χ1n) is 10.3. The highest BCUT2D eigenvalue weighted by Crippen LogP contribution is 2.33. The van der Waals surface area contributed by atoms with Crippen LogP contribution < -0.4 is 9.47 Å². The summed E-state index contributed by atoms with van der Waals surface area (Å²) in [5, 5.41) is 2.04. The average Bonchev–Trinajstić information content (AvgIpc) is 3.35. The first-order chi connectivity index (χ1) is 14.4. The van der Waals surface area contributed by atoms with Gasteiger partial charge in [-0.1, -0.05) is 26.3 Å². The lowest BCUT2D eigenvalue weighted by Gasteiger charge is -2.28. The molecule has 2 aromatic rings. The summed E-state index contributed by atoms with van der Waals surface area (Å²) >= 11 is 1.65. The number of amides is 2. The molecule has 1 atom stereocenters. The molecule has 2 amide bonds. The van der Waals surface area contributed by atoms with E-state index in [-0.39, 0.29) is 25.2 Å². The Hall–Kier alpha value is -2.54. The van der Waals surface area contributed by atoms with Crippen molar-refractivity contribution in [2.75, 3.05) is 19.9 Å². The monoisotopic (exact) mass is 430 g/mol. The molecule has 1 aromatic heterocycles. The molecule has 1 aliphatic heterocycles. The molecule has 0 aliphatic carbocycles. The van der Waals surface area contributed by atoms with Crippen LogP contribution in [0.1, 0.15) is 43.2 Å². The van der Waals surface area contributed by atoms with Crippen molar-refractivity contribution in [2.45, 2.75) is 47.2 Å². The number of carbonyl (C=O) groups excluding carboxylic acids is 2. The summed E-state index contributed by atoms with van der Waals surface area (Å²) in [6.07, 6.45) is 0.966. The fourth-order valence-corrected chi connectivity index (χ4v) is 4.23. The van der Waals surface area contributed by atoms with Gasteiger partial charge in [0.1, 0.15) is 0 Å². The molecule has 0 saturated carbocycles. The fourth-order valence-electron chi connectivity index (χ4n) is 3.30. The molecule has 0 saturated heterocycles. The Bertz CT molecular complexity index is 895. The number of ether oxygens (including phenoxy) is 2. The molecule has 1 aliphatic rings. The number of nitrogens with zero attached hydrogens (tertiary/aromatic N) is 2. The van der Waals surface area contributed by atoms with Crippen LogP contribution in [0.3, 0.4) is 0 Å². The summed E-state index contributed by atoms with van der Waals surface area (Å²) in [6.45, 7) is 9.64. The average molecular weight is 431 g/mol. The Balaban J connectivity index is 1.78. The molecule has 1 aromatic carbocycles. The van der Waals surface area contributed by atoms with Crippen LogP contribution in [0.25, 0.3) is 0 Å². The Labute approximate surface area is 182 Å². The van der Waals surface area contributed by atoms with Gasteiger partial charge < -0.3 is 19.3 Å². The van der Waals surface area contributed by atoms with Gasteiger partial charge in [0.2, 0.25) is 18.6 Å². The first-order valence-corrected chi connectivity index (χ1v) is 11.2. The predicted molar refractivity (Wildman–Crippen MR) is 118 cm³/mol. The van der Waals surface area contributed by atoms with Crippen molar-refractivity contribution in [3.8, 4) is 11.5 Å². The zero-order valence-corrected chi connectivity index (χ0v) is 19.0. The van der Waals surface area contributed by atoms with Gasteiger partial charge in [-0.3, -0.25) is 9.59 Å². The zero-order valence-electron chi connectivity index (χ0n) is 18.1. The van der Waals surface area contributed by atoms with Gasteiger partial charge in [0, 0.05) is 24.9 Å². The summed E-state index contributed by atoms with van der Waals surface area (Å²) in [5.41, 5.74) is 2.14. The molecular formula is C23H30N2O4S. The van der Waals surface area contributed by atoms with Crippen LogP contribution in [0.5, 0.6) is 11.5 Å². The van der Waals surface area contributed by atoms with E-state index in [9.17, 15) is 9.59 Å². The molecule has 0 fully saturated rings. The van der Waals surface area contributed by atoms with Gasteiger partial charge >= 0.3 is 0 Å². The van der Waals surface area contributed by atoms with Crippen molar-refractivity contribution >= 4 is 23.2 Å². The maximum atomic E-state index is 13.3. The van der Waals surface area contributed by atoms with Gasteiger partial charge in [0.25, 0.3) is 0 Å². The molecule has 162 valence electrons. The van der Waals surface area contributed by atoms with Gasteiger partial charge in [0.05, 0.1) is 13.1 Å². The highest BCUT2D eigenvalue weighted by molar-refractivity contribution is 7.10. The standard InChI is InChI=1S/C23H30N2O4S/c1-5-16(2)11-24(18(4)26)14-23(27)25(13-22-17(3)8-9-30-22)12-19-6-7-20-21(10-19)29-15-28-20/h6-10,16H,5,11-15H2,1-4H3/t16-/m1/s1. The SMILES string of the molecule is CC[C@@H](C)CN(CC(=O)N(Cc1ccc2c(c1)OCO2)Cc1sccc1C)C(C)=O. The van der Waals surface area contributed by atoms with Gasteiger partial charge in [0.15, 0.2) is 11.5 Å². The quantitative estimate of drug-likeness (QED) is 0.598. The van der Waals surface area contributed by atoms with Crippen molar-refractivity contribution < 1.29 is 19.1 Å². The smallest absolute Gasteiger partial charge is 0.242 e. The van der Waals surface area contributed by atoms with Crippen LogP contribution in [0, 0.1) is 12.8 Å². The molecule has 2 heterocycles. The topological polar surface area (TPSA) is 59.1 Å². The first kappa shape index (κ1) is 22.2. The number of aryl methyl sites for hydroxylation is 1. The van der Waals surface area contributed by atoms with Crippen molar-refractivity contribution in [1.82, 2.24) is 9.80 Å². The Morgan fingerprint density at radius 2 is 1.90 bits per heavy atom. The van der Waals surface area contributed by atoms with Crippen LogP contribution in [0.4, 0.5) is 0 Å². The van der Waals surface area contributed by atoms with Gasteiger partial charge in [-0.15, -0.1) is 11.3 Å². The third-order valence-corrected chi connectivity index (χ3v) is 6.47. The van der Waals surface area contributed by atoms with E-state index in [2.05, 4.69) is 26.8 Å². The second-order valence-corrected chi connectivity index (χ2v) is 8.88. The Morgan fingerprint density at radius 3 is 2.57 bits per heavy atom. The number of carbonyl (C=O) groups is 2. The Kier molecular flexibility index (Phi) is 7.37. The maximum Gasteiger partial charge on any atom is 0.242 e. The lowest BCUT2D eigenvalue weighted by molar-refractivity contribution is -0.140. The second-order valence-electron chi connectivity index (χ2n) is 7.88. The van der Waals surface area contributed by atoms with Crippen molar-refractivity contribution in [1.29, 1.82) is 0 Å². The Morgan fingerprint density at radius 1 is 1.13 bits per heavy atom. The number of benzene rings is 1. The summed E-state index contributed by atoms with van der Waals surface area (Å²) in [7, 11) is 0. The maximum absolute atomic E-state index is 13.3. The number of thiophene rings is 1. The van der Waals surface area contributed by atoms with Gasteiger partial charge in [-0.2, -0.15) is 0 Å². The number of hydrogen-bond donors (Lipinski definition) is 0. The van der Waals surface area contributed by atoms with Crippen LogP contribution in [-0.4, -0.2) is 41.5 Å². The van der Waals surface area contributed by atoms with E-state index in [1.165, 1.54) is 12.5 Å². The molecule has 7 heteroatoms. The van der Waals surface area contributed by atoms with E-state index in [0.29, 0.717) is 31.3 Å². The van der Waals surface area contributed by atoms with E-state index in [1.54, 1.807) is 16.2 Å². The van der Waals surface area contributed by atoms with E-state index in [4.69, 9.17) is 9.47 Å². The van der Waals surface area contributed by atoms with E-state index in [0.717, 1.165) is 22.6 Å². The second kappa shape index (κ2) is 9.98. The summed E-state index contributed by atoms with van der Waals surface area (Å²) in [4.78, 5) is 30.1. The fraction of sp³-hybridized carbons (Fsp3) is 0.478. The predicted octanol–water partition coefficient (Wildman–Crippen LogP) is 4.21. The van der Waals surface area contributed by atoms with Crippen molar-refractivity contribution in [3.63, 3.8) is 0 Å². The van der Waals surface area contributed by atoms with Crippen LogP contribution >= 0.6 is 11.3 Å². The minimum absolute atomic E-state index is 0.0565. The van der Waals surface area contributed by atoms with Gasteiger partial charge in [-0.05, 0) is 47.5 Å². The normalized spacial score (nSPS) is 13.2. The number of fused-ring (bicyclic) bond motifs is 1. The molecule has 0 bridgehead atoms. The third kappa shape index (κ3) is 5.53. The lowest BCUT2D eigenvalue weighted by atomic mass is 10.1. The minimum Gasteiger partial charge on any atom is -0.454 e. The van der Waals surface area contributed by atoms with Crippen LogP contribution in [0.2, 0.25) is 0 Å². The molecule has 0 spiro atoms. The van der Waals surface area contributed by atoms with Crippen molar-refractivity contribution in [3.05, 3.63) is 45.6 Å². The molecule has 0 radical (unpaired) electrons.